The van der Waals surface area contributed by atoms with Crippen molar-refractivity contribution in [2.24, 2.45) is 5.73 Å². The van der Waals surface area contributed by atoms with Crippen molar-refractivity contribution >= 4 is 27.7 Å². The molecule has 4 rings (SSSR count). The number of nitrogens with one attached hydrogen (secondary N) is 1. The van der Waals surface area contributed by atoms with Crippen molar-refractivity contribution in [3.05, 3.63) is 63.3 Å². The molecule has 2 aliphatic rings. The fourth-order valence-corrected chi connectivity index (χ4v) is 4.07. The van der Waals surface area contributed by atoms with Crippen molar-refractivity contribution < 1.29 is 4.79 Å². The molecular formula is C18H15BrN6O. The number of carbonyl (C=O) groups excluding carboxylic acids is 1. The lowest BCUT2D eigenvalue weighted by Gasteiger charge is -2.38. The van der Waals surface area contributed by atoms with E-state index in [0.717, 1.165) is 22.2 Å². The van der Waals surface area contributed by atoms with Gasteiger partial charge in [0.2, 0.25) is 5.95 Å². The molecule has 1 aromatic heterocycles. The monoisotopic (exact) mass is 410 g/mol. The van der Waals surface area contributed by atoms with Crippen LogP contribution in [0.25, 0.3) is 0 Å². The second-order valence-electron chi connectivity index (χ2n) is 6.18. The summed E-state index contributed by atoms with van der Waals surface area (Å²) in [5.74, 6) is 0.258. The minimum atomic E-state index is -0.473. The molecule has 0 fully saturated rings. The minimum absolute atomic E-state index is 0.0426. The van der Waals surface area contributed by atoms with Crippen LogP contribution in [-0.4, -0.2) is 21.0 Å². The van der Waals surface area contributed by atoms with Gasteiger partial charge in [-0.05, 0) is 30.5 Å². The Hall–Kier alpha value is -2.92. The Bertz CT molecular complexity index is 985. The molecule has 7 nitrogen and oxygen atoms in total. The lowest BCUT2D eigenvalue weighted by molar-refractivity contribution is -0.116. The molecule has 1 unspecified atom stereocenters. The molecule has 26 heavy (non-hydrogen) atoms. The van der Waals surface area contributed by atoms with Crippen LogP contribution in [0.15, 0.2) is 57.7 Å². The maximum absolute atomic E-state index is 12.9. The first-order chi connectivity index (χ1) is 12.6. The zero-order valence-corrected chi connectivity index (χ0v) is 15.3. The number of hydrogen-bond donors (Lipinski definition) is 2. The fraction of sp³-hybridized carbons (Fsp3) is 0.222. The van der Waals surface area contributed by atoms with Crippen molar-refractivity contribution in [1.29, 1.82) is 5.26 Å². The number of nitrogens with two attached hydrogens (primary N) is 1. The molecule has 2 aromatic rings. The number of rotatable bonds is 2. The highest BCUT2D eigenvalue weighted by Gasteiger charge is 2.41. The van der Waals surface area contributed by atoms with Crippen molar-refractivity contribution in [2.75, 3.05) is 4.90 Å². The van der Waals surface area contributed by atoms with Gasteiger partial charge in [-0.3, -0.25) is 9.69 Å². The van der Waals surface area contributed by atoms with Crippen LogP contribution in [0, 0.1) is 11.3 Å². The average molecular weight is 411 g/mol. The molecule has 130 valence electrons. The summed E-state index contributed by atoms with van der Waals surface area (Å²) in [5.41, 5.74) is 9.00. The number of Topliss-reactive ketones (excluding diaryl/α,β-unsaturated/α-hetero) is 1. The largest absolute Gasteiger partial charge is 0.384 e. The van der Waals surface area contributed by atoms with E-state index in [2.05, 4.69) is 37.2 Å². The standard InChI is InChI=1S/C18H15BrN6O/c19-11-4-1-3-10(7-11)15-12(8-20)17(21)25(18-22-9-23-24-18)13-5-2-6-14(26)16(13)15/h1,3-4,7,9,15H,2,5-6,21H2,(H,22,23,24). The van der Waals surface area contributed by atoms with Gasteiger partial charge in [0.05, 0.1) is 17.6 Å². The van der Waals surface area contributed by atoms with Gasteiger partial charge in [-0.25, -0.2) is 5.10 Å². The Morgan fingerprint density at radius 2 is 2.23 bits per heavy atom. The molecule has 1 atom stereocenters. The smallest absolute Gasteiger partial charge is 0.231 e. The minimum Gasteiger partial charge on any atom is -0.384 e. The maximum atomic E-state index is 12.9. The number of anilines is 1. The Labute approximate surface area is 158 Å². The zero-order chi connectivity index (χ0) is 18.3. The number of nitriles is 1. The number of H-pyrrole nitrogens is 1. The van der Waals surface area contributed by atoms with Crippen molar-refractivity contribution in [1.82, 2.24) is 15.2 Å². The van der Waals surface area contributed by atoms with E-state index in [-0.39, 0.29) is 11.6 Å². The Morgan fingerprint density at radius 3 is 2.92 bits per heavy atom. The maximum Gasteiger partial charge on any atom is 0.231 e. The summed E-state index contributed by atoms with van der Waals surface area (Å²) in [5, 5.41) is 16.5. The molecule has 0 radical (unpaired) electrons. The lowest BCUT2D eigenvalue weighted by atomic mass is 9.76. The molecule has 0 bridgehead atoms. The van der Waals surface area contributed by atoms with Gasteiger partial charge in [0.1, 0.15) is 12.1 Å². The second kappa shape index (κ2) is 6.42. The number of halogens is 1. The Kier molecular flexibility index (Phi) is 4.09. The van der Waals surface area contributed by atoms with E-state index in [9.17, 15) is 10.1 Å². The van der Waals surface area contributed by atoms with Crippen LogP contribution >= 0.6 is 15.9 Å². The summed E-state index contributed by atoms with van der Waals surface area (Å²) >= 11 is 3.47. The van der Waals surface area contributed by atoms with Crippen LogP contribution in [0.5, 0.6) is 0 Å². The van der Waals surface area contributed by atoms with E-state index in [0.29, 0.717) is 29.9 Å². The van der Waals surface area contributed by atoms with Crippen LogP contribution in [0.1, 0.15) is 30.7 Å². The lowest BCUT2D eigenvalue weighted by Crippen LogP contribution is -2.39. The van der Waals surface area contributed by atoms with E-state index >= 15 is 0 Å². The summed E-state index contributed by atoms with van der Waals surface area (Å²) in [6.07, 6.45) is 3.26. The summed E-state index contributed by atoms with van der Waals surface area (Å²) < 4.78 is 0.883. The van der Waals surface area contributed by atoms with E-state index in [1.807, 2.05) is 24.3 Å². The van der Waals surface area contributed by atoms with Gasteiger partial charge in [0, 0.05) is 22.2 Å². The molecule has 0 amide bonds. The van der Waals surface area contributed by atoms with E-state index in [1.54, 1.807) is 4.90 Å². The highest BCUT2D eigenvalue weighted by molar-refractivity contribution is 9.10. The number of allylic oxidation sites excluding steroid dienone is 3. The first kappa shape index (κ1) is 16.5. The van der Waals surface area contributed by atoms with E-state index in [1.165, 1.54) is 6.33 Å². The highest BCUT2D eigenvalue weighted by atomic mass is 79.9. The molecule has 3 N–H and O–H groups in total. The number of aromatic amines is 1. The van der Waals surface area contributed by atoms with Gasteiger partial charge in [-0.2, -0.15) is 15.3 Å². The van der Waals surface area contributed by atoms with E-state index < -0.39 is 5.92 Å². The van der Waals surface area contributed by atoms with Gasteiger partial charge in [-0.1, -0.05) is 28.1 Å². The summed E-state index contributed by atoms with van der Waals surface area (Å²) in [6, 6.07) is 9.85. The van der Waals surface area contributed by atoms with E-state index in [4.69, 9.17) is 5.73 Å². The summed E-state index contributed by atoms with van der Waals surface area (Å²) in [6.45, 7) is 0. The van der Waals surface area contributed by atoms with Gasteiger partial charge in [0.25, 0.3) is 0 Å². The number of benzene rings is 1. The first-order valence-electron chi connectivity index (χ1n) is 8.18. The van der Waals surface area contributed by atoms with Crippen LogP contribution < -0.4 is 10.6 Å². The molecule has 0 spiro atoms. The second-order valence-corrected chi connectivity index (χ2v) is 7.10. The Balaban J connectivity index is 1.98. The fourth-order valence-electron chi connectivity index (χ4n) is 3.65. The highest BCUT2D eigenvalue weighted by Crippen LogP contribution is 2.45. The third kappa shape index (κ3) is 2.52. The summed E-state index contributed by atoms with van der Waals surface area (Å²) in [4.78, 5) is 18.7. The molecule has 1 aliphatic heterocycles. The number of carbonyl (C=O) groups is 1. The molecule has 1 aromatic carbocycles. The SMILES string of the molecule is N#CC1=C(N)N(c2ncn[nH]2)C2=C(C(=O)CCC2)C1c1cccc(Br)c1. The van der Waals surface area contributed by atoms with Gasteiger partial charge < -0.3 is 5.73 Å². The average Bonchev–Trinajstić information content (AvgIpc) is 3.15. The third-order valence-electron chi connectivity index (χ3n) is 4.71. The van der Waals surface area contributed by atoms with Crippen LogP contribution in [0.4, 0.5) is 5.95 Å². The number of aromatic nitrogens is 3. The van der Waals surface area contributed by atoms with Crippen molar-refractivity contribution in [3.8, 4) is 6.07 Å². The van der Waals surface area contributed by atoms with Crippen LogP contribution in [0.3, 0.4) is 0 Å². The number of hydrogen-bond acceptors (Lipinski definition) is 6. The first-order valence-corrected chi connectivity index (χ1v) is 8.98. The predicted molar refractivity (Wildman–Crippen MR) is 98.5 cm³/mol. The predicted octanol–water partition coefficient (Wildman–Crippen LogP) is 2.87. The van der Waals surface area contributed by atoms with Gasteiger partial charge in [0.15, 0.2) is 5.78 Å². The molecule has 8 heteroatoms. The molecule has 2 heterocycles. The van der Waals surface area contributed by atoms with Gasteiger partial charge in [-0.15, -0.1) is 0 Å². The molecule has 0 saturated carbocycles. The van der Waals surface area contributed by atoms with Crippen molar-refractivity contribution in [3.63, 3.8) is 0 Å². The quantitative estimate of drug-likeness (QED) is 0.786. The van der Waals surface area contributed by atoms with Crippen LogP contribution in [-0.2, 0) is 4.79 Å². The third-order valence-corrected chi connectivity index (χ3v) is 5.20. The zero-order valence-electron chi connectivity index (χ0n) is 13.7. The topological polar surface area (TPSA) is 112 Å². The van der Waals surface area contributed by atoms with Gasteiger partial charge >= 0.3 is 0 Å². The van der Waals surface area contributed by atoms with Crippen LogP contribution in [0.2, 0.25) is 0 Å². The normalized spacial score (nSPS) is 20.2. The summed E-state index contributed by atoms with van der Waals surface area (Å²) in [7, 11) is 0. The molecule has 1 aliphatic carbocycles. The Morgan fingerprint density at radius 1 is 1.38 bits per heavy atom. The molecule has 0 saturated heterocycles. The number of nitrogens with zero attached hydrogens (tertiary/aromatic N) is 4. The number of ketones is 1. The van der Waals surface area contributed by atoms with Crippen molar-refractivity contribution in [2.45, 2.75) is 25.2 Å². The molecular weight excluding hydrogens is 396 g/mol.